The first-order valence-corrected chi connectivity index (χ1v) is 17.6. The van der Waals surface area contributed by atoms with Crippen LogP contribution in [0.4, 0.5) is 37.2 Å². The van der Waals surface area contributed by atoms with Crippen molar-refractivity contribution in [3.63, 3.8) is 0 Å². The van der Waals surface area contributed by atoms with Gasteiger partial charge in [0.2, 0.25) is 0 Å². The van der Waals surface area contributed by atoms with Gasteiger partial charge in [-0.15, -0.1) is 0 Å². The van der Waals surface area contributed by atoms with Crippen LogP contribution < -0.4 is 9.80 Å². The summed E-state index contributed by atoms with van der Waals surface area (Å²) in [7, 11) is 0. The highest BCUT2D eigenvalue weighted by atomic mass is 19.1. The van der Waals surface area contributed by atoms with E-state index in [0.717, 1.165) is 45.1 Å². The fourth-order valence-electron chi connectivity index (χ4n) is 7.55. The average Bonchev–Trinajstić information content (AvgIpc) is 3.21. The largest absolute Gasteiger partial charge is 0.311 e. The van der Waals surface area contributed by atoms with Crippen LogP contribution in [-0.2, 0) is 11.8 Å². The van der Waals surface area contributed by atoms with Crippen molar-refractivity contribution in [1.82, 2.24) is 0 Å². The van der Waals surface area contributed by atoms with Crippen LogP contribution in [0.15, 0.2) is 188 Å². The smallest absolute Gasteiger partial charge is 0.123 e. The van der Waals surface area contributed by atoms with Crippen molar-refractivity contribution in [2.75, 3.05) is 9.80 Å². The highest BCUT2D eigenvalue weighted by Crippen LogP contribution is 2.46. The molecule has 0 saturated carbocycles. The second-order valence-corrected chi connectivity index (χ2v) is 13.7. The van der Waals surface area contributed by atoms with Gasteiger partial charge in [-0.05, 0) is 142 Å². The highest BCUT2D eigenvalue weighted by molar-refractivity contribution is 6.12. The molecule has 0 aromatic heterocycles. The van der Waals surface area contributed by atoms with E-state index in [-0.39, 0.29) is 11.6 Å². The number of benzene rings is 7. The zero-order chi connectivity index (χ0) is 35.8. The molecule has 0 fully saturated rings. The monoisotopic (exact) mass is 680 g/mol. The molecular formula is C48H38F2N2. The van der Waals surface area contributed by atoms with E-state index in [0.29, 0.717) is 6.42 Å². The Balaban J connectivity index is 1.33. The van der Waals surface area contributed by atoms with Crippen LogP contribution in [0.3, 0.4) is 0 Å². The highest BCUT2D eigenvalue weighted by Gasteiger charge is 2.31. The van der Waals surface area contributed by atoms with Gasteiger partial charge in [-0.3, -0.25) is 0 Å². The first-order valence-electron chi connectivity index (χ1n) is 17.6. The number of para-hydroxylation sites is 2. The van der Waals surface area contributed by atoms with E-state index in [2.05, 4.69) is 109 Å². The minimum Gasteiger partial charge on any atom is -0.311 e. The third kappa shape index (κ3) is 5.96. The summed E-state index contributed by atoms with van der Waals surface area (Å²) in [5.74, 6) is -0.544. The summed E-state index contributed by atoms with van der Waals surface area (Å²) in [5, 5.41) is 4.67. The van der Waals surface area contributed by atoms with Gasteiger partial charge in [0.15, 0.2) is 0 Å². The van der Waals surface area contributed by atoms with Crippen molar-refractivity contribution >= 4 is 50.0 Å². The molecule has 1 aliphatic carbocycles. The van der Waals surface area contributed by atoms with E-state index in [1.807, 2.05) is 60.7 Å². The molecule has 0 atom stereocenters. The van der Waals surface area contributed by atoms with E-state index < -0.39 is 5.41 Å². The van der Waals surface area contributed by atoms with Crippen LogP contribution in [0, 0.1) is 11.6 Å². The number of hydrogen-bond donors (Lipinski definition) is 0. The van der Waals surface area contributed by atoms with Crippen molar-refractivity contribution in [1.29, 1.82) is 0 Å². The number of anilines is 5. The summed E-state index contributed by atoms with van der Waals surface area (Å²) in [6.45, 7) is 9.24. The van der Waals surface area contributed by atoms with Crippen molar-refractivity contribution in [3.05, 3.63) is 210 Å². The molecule has 0 radical (unpaired) electrons. The lowest BCUT2D eigenvalue weighted by molar-refractivity contribution is 0.627. The molecule has 0 amide bonds. The number of nitrogens with zero attached hydrogens (tertiary/aromatic N) is 2. The van der Waals surface area contributed by atoms with E-state index in [4.69, 9.17) is 6.58 Å². The van der Waals surface area contributed by atoms with Crippen LogP contribution in [0.5, 0.6) is 0 Å². The molecule has 7 aromatic rings. The molecule has 0 N–H and O–H groups in total. The number of allylic oxidation sites excluding steroid dienone is 4. The molecule has 7 aromatic carbocycles. The standard InChI is InChI=1S/C48H38F2N2/c1-33-31-40(51(36-13-6-4-7-14-36)38-25-21-34(49)22-26-38)17-12-20-44-42-18-10-11-19-43(42)46-32-41(29-30-45(46)47(44)48(33,2)3)52(37-15-8-5-9-16-37)39-27-23-35(50)24-28-39/h4-19,21-32H,1,20H2,2-3H3/b17-12-,40-31+. The van der Waals surface area contributed by atoms with Gasteiger partial charge < -0.3 is 9.80 Å². The Morgan fingerprint density at radius 1 is 0.519 bits per heavy atom. The molecule has 254 valence electrons. The van der Waals surface area contributed by atoms with E-state index in [1.54, 1.807) is 0 Å². The molecule has 0 bridgehead atoms. The lowest BCUT2D eigenvalue weighted by atomic mass is 9.72. The van der Waals surface area contributed by atoms with Gasteiger partial charge in [-0.2, -0.15) is 0 Å². The summed E-state index contributed by atoms with van der Waals surface area (Å²) in [4.78, 5) is 4.33. The second-order valence-electron chi connectivity index (χ2n) is 13.7. The van der Waals surface area contributed by atoms with Crippen molar-refractivity contribution in [2.24, 2.45) is 0 Å². The number of fused-ring (bicyclic) bond motifs is 6. The minimum atomic E-state index is -0.475. The lowest BCUT2D eigenvalue weighted by Gasteiger charge is -2.33. The molecule has 52 heavy (non-hydrogen) atoms. The quantitative estimate of drug-likeness (QED) is 0.161. The Labute approximate surface area is 303 Å². The first-order chi connectivity index (χ1) is 25.3. The zero-order valence-corrected chi connectivity index (χ0v) is 29.2. The third-order valence-corrected chi connectivity index (χ3v) is 10.2. The van der Waals surface area contributed by atoms with Gasteiger partial charge >= 0.3 is 0 Å². The predicted octanol–water partition coefficient (Wildman–Crippen LogP) is 13.4. The molecule has 0 aliphatic heterocycles. The maximum absolute atomic E-state index is 14.1. The fourth-order valence-corrected chi connectivity index (χ4v) is 7.55. The Kier molecular flexibility index (Phi) is 8.52. The molecule has 0 heterocycles. The maximum atomic E-state index is 14.1. The molecule has 0 unspecified atom stereocenters. The average molecular weight is 681 g/mol. The van der Waals surface area contributed by atoms with Crippen LogP contribution >= 0.6 is 0 Å². The lowest BCUT2D eigenvalue weighted by Crippen LogP contribution is -2.23. The molecule has 1 aliphatic rings. The molecule has 0 spiro atoms. The zero-order valence-electron chi connectivity index (χ0n) is 29.2. The van der Waals surface area contributed by atoms with E-state index >= 15 is 0 Å². The minimum absolute atomic E-state index is 0.269. The molecule has 2 nitrogen and oxygen atoms in total. The molecule has 4 heteroatoms. The third-order valence-electron chi connectivity index (χ3n) is 10.2. The van der Waals surface area contributed by atoms with E-state index in [9.17, 15) is 8.78 Å². The molecule has 0 saturated heterocycles. The predicted molar refractivity (Wildman–Crippen MR) is 214 cm³/mol. The Morgan fingerprint density at radius 2 is 1.02 bits per heavy atom. The maximum Gasteiger partial charge on any atom is 0.123 e. The van der Waals surface area contributed by atoms with E-state index in [1.165, 1.54) is 51.6 Å². The van der Waals surface area contributed by atoms with Crippen LogP contribution in [0.1, 0.15) is 25.0 Å². The number of rotatable bonds is 6. The summed E-state index contributed by atoms with van der Waals surface area (Å²) in [6, 6.07) is 49.0. The summed E-state index contributed by atoms with van der Waals surface area (Å²) < 4.78 is 28.2. The molecular weight excluding hydrogens is 643 g/mol. The van der Waals surface area contributed by atoms with Gasteiger partial charge in [0.05, 0.1) is 0 Å². The van der Waals surface area contributed by atoms with Gasteiger partial charge in [-0.1, -0.05) is 93.2 Å². The van der Waals surface area contributed by atoms with Gasteiger partial charge in [-0.25, -0.2) is 8.78 Å². The fraction of sp³-hybridized carbons (Fsp3) is 0.0833. The normalized spacial score (nSPS) is 15.5. The van der Waals surface area contributed by atoms with Crippen molar-refractivity contribution in [3.8, 4) is 0 Å². The van der Waals surface area contributed by atoms with Crippen LogP contribution in [0.2, 0.25) is 0 Å². The Morgan fingerprint density at radius 3 is 1.63 bits per heavy atom. The first kappa shape index (κ1) is 32.9. The Hall–Kier alpha value is -6.26. The number of halogens is 2. The summed E-state index contributed by atoms with van der Waals surface area (Å²) >= 11 is 0. The van der Waals surface area contributed by atoms with Gasteiger partial charge in [0.25, 0.3) is 0 Å². The van der Waals surface area contributed by atoms with Crippen LogP contribution in [0.25, 0.3) is 21.5 Å². The number of hydrogen-bond acceptors (Lipinski definition) is 2. The summed E-state index contributed by atoms with van der Waals surface area (Å²) in [5.41, 5.74) is 8.60. The Bertz CT molecular complexity index is 2480. The van der Waals surface area contributed by atoms with Crippen molar-refractivity contribution in [2.45, 2.75) is 25.7 Å². The SMILES string of the molecule is C=C1/C=C(N(c2ccccc2)c2ccc(F)cc2)\C=C/Cc2c(c3ccc(N(c4ccccc4)c4ccc(F)cc4)cc3c3ccccc23)C1(C)C. The second kappa shape index (κ2) is 13.5. The van der Waals surface area contributed by atoms with Crippen LogP contribution in [-0.4, -0.2) is 0 Å². The van der Waals surface area contributed by atoms with Crippen molar-refractivity contribution < 1.29 is 8.78 Å². The summed E-state index contributed by atoms with van der Waals surface area (Å²) in [6.07, 6.45) is 7.27. The molecule has 8 rings (SSSR count). The topological polar surface area (TPSA) is 6.48 Å². The van der Waals surface area contributed by atoms with Gasteiger partial charge in [0, 0.05) is 39.5 Å². The van der Waals surface area contributed by atoms with Gasteiger partial charge in [0.1, 0.15) is 11.6 Å².